The monoisotopic (exact) mass is 253 g/mol. The molecule has 1 aliphatic heterocycles. The van der Waals surface area contributed by atoms with Crippen LogP contribution in [0.1, 0.15) is 28.4 Å². The lowest BCUT2D eigenvalue weighted by atomic mass is 10.0. The molecule has 17 heavy (non-hydrogen) atoms. The summed E-state index contributed by atoms with van der Waals surface area (Å²) in [5, 5.41) is 0. The number of rotatable bonds is 2. The second-order valence-electron chi connectivity index (χ2n) is 3.83. The highest BCUT2D eigenvalue weighted by molar-refractivity contribution is 7.99. The van der Waals surface area contributed by atoms with Gasteiger partial charge in [-0.05, 0) is 29.9 Å². The zero-order valence-electron chi connectivity index (χ0n) is 9.86. The Morgan fingerprint density at radius 3 is 2.88 bits per heavy atom. The lowest BCUT2D eigenvalue weighted by molar-refractivity contribution is 0.0596. The largest absolute Gasteiger partial charge is 0.496 e. The highest BCUT2D eigenvalue weighted by Crippen LogP contribution is 2.38. The molecule has 2 rings (SSSR count). The Bertz CT molecular complexity index is 448. The maximum atomic E-state index is 11.6. The Hall–Kier alpha value is -1.20. The molecule has 1 aliphatic rings. The summed E-state index contributed by atoms with van der Waals surface area (Å²) in [5.74, 6) is 1.11. The van der Waals surface area contributed by atoms with Crippen LogP contribution in [0.25, 0.3) is 0 Å². The number of carbonyl (C=O) groups excluding carboxylic acids is 1. The van der Waals surface area contributed by atoms with Crippen LogP contribution in [0.3, 0.4) is 0 Å². The molecular weight excluding hydrogens is 238 g/mol. The van der Waals surface area contributed by atoms with Crippen molar-refractivity contribution in [1.29, 1.82) is 0 Å². The molecule has 4 nitrogen and oxygen atoms in total. The van der Waals surface area contributed by atoms with Crippen LogP contribution in [0, 0.1) is 0 Å². The van der Waals surface area contributed by atoms with Gasteiger partial charge in [0.25, 0.3) is 0 Å². The molecular formula is C12H15NO3S. The number of ether oxygens (including phenoxy) is 2. The second kappa shape index (κ2) is 4.98. The van der Waals surface area contributed by atoms with E-state index in [1.165, 1.54) is 14.2 Å². The summed E-state index contributed by atoms with van der Waals surface area (Å²) in [7, 11) is 2.90. The molecule has 2 N–H and O–H groups in total. The molecule has 1 aromatic rings. The third kappa shape index (κ3) is 2.25. The van der Waals surface area contributed by atoms with Crippen LogP contribution < -0.4 is 10.5 Å². The number of methoxy groups -OCH3 is 2. The normalized spacial score (nSPS) is 18.4. The molecule has 1 atom stereocenters. The summed E-state index contributed by atoms with van der Waals surface area (Å²) >= 11 is 1.71. The summed E-state index contributed by atoms with van der Waals surface area (Å²) in [6, 6.07) is 3.68. The number of fused-ring (bicyclic) bond motifs is 1. The van der Waals surface area contributed by atoms with E-state index >= 15 is 0 Å². The van der Waals surface area contributed by atoms with Crippen molar-refractivity contribution in [3.05, 3.63) is 23.3 Å². The summed E-state index contributed by atoms with van der Waals surface area (Å²) in [6.07, 6.45) is 0.943. The SMILES string of the molecule is COC(=O)c1cc2c(cc1OC)[C@@H](N)CCS2. The van der Waals surface area contributed by atoms with E-state index in [0.717, 1.165) is 22.6 Å². The van der Waals surface area contributed by atoms with Crippen molar-refractivity contribution in [2.45, 2.75) is 17.4 Å². The first kappa shape index (κ1) is 12.3. The lowest BCUT2D eigenvalue weighted by Crippen LogP contribution is -2.17. The van der Waals surface area contributed by atoms with Gasteiger partial charge in [-0.2, -0.15) is 0 Å². The summed E-state index contributed by atoms with van der Waals surface area (Å²) < 4.78 is 9.95. The van der Waals surface area contributed by atoms with E-state index in [1.54, 1.807) is 11.8 Å². The molecule has 0 radical (unpaired) electrons. The highest BCUT2D eigenvalue weighted by Gasteiger charge is 2.22. The van der Waals surface area contributed by atoms with Crippen molar-refractivity contribution >= 4 is 17.7 Å². The van der Waals surface area contributed by atoms with Crippen LogP contribution >= 0.6 is 11.8 Å². The fraction of sp³-hybridized carbons (Fsp3) is 0.417. The van der Waals surface area contributed by atoms with Crippen LogP contribution in [0.4, 0.5) is 0 Å². The van der Waals surface area contributed by atoms with E-state index in [-0.39, 0.29) is 12.0 Å². The van der Waals surface area contributed by atoms with Crippen LogP contribution in [0.2, 0.25) is 0 Å². The Morgan fingerprint density at radius 1 is 1.47 bits per heavy atom. The third-order valence-corrected chi connectivity index (χ3v) is 3.93. The number of hydrogen-bond donors (Lipinski definition) is 1. The van der Waals surface area contributed by atoms with Gasteiger partial charge in [-0.3, -0.25) is 0 Å². The van der Waals surface area contributed by atoms with Crippen LogP contribution in [0.15, 0.2) is 17.0 Å². The van der Waals surface area contributed by atoms with Gasteiger partial charge in [0.05, 0.1) is 14.2 Å². The number of benzene rings is 1. The van der Waals surface area contributed by atoms with E-state index in [1.807, 2.05) is 12.1 Å². The van der Waals surface area contributed by atoms with Crippen molar-refractivity contribution in [3.63, 3.8) is 0 Å². The third-order valence-electron chi connectivity index (χ3n) is 2.82. The number of hydrogen-bond acceptors (Lipinski definition) is 5. The van der Waals surface area contributed by atoms with Crippen molar-refractivity contribution in [1.82, 2.24) is 0 Å². The quantitative estimate of drug-likeness (QED) is 0.817. The van der Waals surface area contributed by atoms with Crippen molar-refractivity contribution in [2.75, 3.05) is 20.0 Å². The molecule has 0 fully saturated rings. The first-order chi connectivity index (χ1) is 8.17. The number of esters is 1. The predicted molar refractivity (Wildman–Crippen MR) is 66.6 cm³/mol. The molecule has 1 aromatic carbocycles. The predicted octanol–water partition coefficient (Wildman–Crippen LogP) is 1.98. The van der Waals surface area contributed by atoms with Crippen molar-refractivity contribution < 1.29 is 14.3 Å². The Morgan fingerprint density at radius 2 is 2.24 bits per heavy atom. The minimum atomic E-state index is -0.385. The van der Waals surface area contributed by atoms with E-state index in [0.29, 0.717) is 11.3 Å². The average molecular weight is 253 g/mol. The zero-order valence-corrected chi connectivity index (χ0v) is 10.7. The number of nitrogens with two attached hydrogens (primary N) is 1. The number of thioether (sulfide) groups is 1. The molecule has 0 aliphatic carbocycles. The van der Waals surface area contributed by atoms with Gasteiger partial charge in [0.2, 0.25) is 0 Å². The molecule has 0 unspecified atom stereocenters. The topological polar surface area (TPSA) is 61.5 Å². The molecule has 0 bridgehead atoms. The number of carbonyl (C=O) groups is 1. The van der Waals surface area contributed by atoms with Gasteiger partial charge < -0.3 is 15.2 Å². The summed E-state index contributed by atoms with van der Waals surface area (Å²) in [4.78, 5) is 12.7. The molecule has 1 heterocycles. The van der Waals surface area contributed by atoms with Crippen LogP contribution in [-0.2, 0) is 4.74 Å². The average Bonchev–Trinajstić information content (AvgIpc) is 2.37. The van der Waals surface area contributed by atoms with E-state index in [4.69, 9.17) is 15.2 Å². The van der Waals surface area contributed by atoms with Gasteiger partial charge in [0.15, 0.2) is 0 Å². The molecule has 0 saturated heterocycles. The van der Waals surface area contributed by atoms with Gasteiger partial charge in [-0.1, -0.05) is 0 Å². The standard InChI is InChI=1S/C12H15NO3S/c1-15-10-5-7-9(13)3-4-17-11(7)6-8(10)12(14)16-2/h5-6,9H,3-4,13H2,1-2H3/t9-/m0/s1. The Balaban J connectivity index is 2.51. The molecule has 0 amide bonds. The zero-order chi connectivity index (χ0) is 12.4. The second-order valence-corrected chi connectivity index (χ2v) is 4.96. The van der Waals surface area contributed by atoms with Gasteiger partial charge in [0, 0.05) is 10.9 Å². The molecule has 92 valence electrons. The van der Waals surface area contributed by atoms with Crippen molar-refractivity contribution in [2.24, 2.45) is 5.73 Å². The van der Waals surface area contributed by atoms with Gasteiger partial charge in [-0.15, -0.1) is 11.8 Å². The van der Waals surface area contributed by atoms with Gasteiger partial charge in [0.1, 0.15) is 11.3 Å². The molecule has 5 heteroatoms. The summed E-state index contributed by atoms with van der Waals surface area (Å²) in [6.45, 7) is 0. The fourth-order valence-corrected chi connectivity index (χ4v) is 3.05. The first-order valence-corrected chi connectivity index (χ1v) is 6.34. The van der Waals surface area contributed by atoms with Gasteiger partial charge >= 0.3 is 5.97 Å². The first-order valence-electron chi connectivity index (χ1n) is 5.36. The smallest absolute Gasteiger partial charge is 0.341 e. The highest BCUT2D eigenvalue weighted by atomic mass is 32.2. The van der Waals surface area contributed by atoms with E-state index in [2.05, 4.69) is 0 Å². The lowest BCUT2D eigenvalue weighted by Gasteiger charge is -2.23. The van der Waals surface area contributed by atoms with E-state index in [9.17, 15) is 4.79 Å². The maximum absolute atomic E-state index is 11.6. The van der Waals surface area contributed by atoms with Crippen molar-refractivity contribution in [3.8, 4) is 5.75 Å². The van der Waals surface area contributed by atoms with Crippen LogP contribution in [0.5, 0.6) is 5.75 Å². The Kier molecular flexibility index (Phi) is 3.59. The molecule has 0 aromatic heterocycles. The van der Waals surface area contributed by atoms with Crippen LogP contribution in [-0.4, -0.2) is 25.9 Å². The molecule has 0 spiro atoms. The molecule has 0 saturated carbocycles. The minimum absolute atomic E-state index is 0.0202. The van der Waals surface area contributed by atoms with Gasteiger partial charge in [-0.25, -0.2) is 4.79 Å². The van der Waals surface area contributed by atoms with E-state index < -0.39 is 0 Å². The summed E-state index contributed by atoms with van der Waals surface area (Å²) in [5.41, 5.74) is 7.54. The fourth-order valence-electron chi connectivity index (χ4n) is 1.88. The Labute approximate surface area is 104 Å². The minimum Gasteiger partial charge on any atom is -0.496 e. The maximum Gasteiger partial charge on any atom is 0.341 e.